The summed E-state index contributed by atoms with van der Waals surface area (Å²) in [6.07, 6.45) is 5.73. The Kier molecular flexibility index (Phi) is 5.11. The summed E-state index contributed by atoms with van der Waals surface area (Å²) < 4.78 is 12.4. The normalized spacial score (nSPS) is 10.7. The van der Waals surface area contributed by atoms with Crippen molar-refractivity contribution in [3.63, 3.8) is 0 Å². The lowest BCUT2D eigenvalue weighted by molar-refractivity contribution is -0.115. The zero-order valence-corrected chi connectivity index (χ0v) is 16.1. The minimum absolute atomic E-state index is 0.137. The fraction of sp³-hybridized carbons (Fsp3) is 0.136. The van der Waals surface area contributed by atoms with Gasteiger partial charge < -0.3 is 14.8 Å². The second kappa shape index (κ2) is 8.02. The number of ether oxygens (including phenoxy) is 2. The van der Waals surface area contributed by atoms with Crippen LogP contribution in [0.3, 0.4) is 0 Å². The van der Waals surface area contributed by atoms with Gasteiger partial charge in [0.25, 0.3) is 0 Å². The van der Waals surface area contributed by atoms with Gasteiger partial charge in [0.2, 0.25) is 11.7 Å². The summed E-state index contributed by atoms with van der Waals surface area (Å²) in [5.74, 6) is 1.81. The summed E-state index contributed by atoms with van der Waals surface area (Å²) in [5, 5.41) is 2.94. The Morgan fingerprint density at radius 1 is 1.10 bits per heavy atom. The quantitative estimate of drug-likeness (QED) is 0.546. The van der Waals surface area contributed by atoms with Gasteiger partial charge in [-0.15, -0.1) is 0 Å². The van der Waals surface area contributed by atoms with Crippen molar-refractivity contribution >= 4 is 17.4 Å². The van der Waals surface area contributed by atoms with Crippen molar-refractivity contribution in [2.45, 2.75) is 6.42 Å². The number of amides is 1. The first-order valence-electron chi connectivity index (χ1n) is 9.07. The molecular formula is C22H20N4O3. The van der Waals surface area contributed by atoms with Crippen molar-refractivity contribution in [2.24, 2.45) is 0 Å². The second-order valence-corrected chi connectivity index (χ2v) is 6.44. The lowest BCUT2D eigenvalue weighted by Gasteiger charge is -2.12. The van der Waals surface area contributed by atoms with Gasteiger partial charge in [0.05, 0.1) is 32.0 Å². The maximum Gasteiger partial charge on any atom is 0.234 e. The number of methoxy groups -OCH3 is 2. The van der Waals surface area contributed by atoms with E-state index in [0.29, 0.717) is 17.2 Å². The SMILES string of the molecule is COc1ccc(CC(=O)Nc2cc(-c3cn4cccnc4n3)ccc2OC)cc1. The van der Waals surface area contributed by atoms with Crippen LogP contribution in [0.5, 0.6) is 11.5 Å². The van der Waals surface area contributed by atoms with Gasteiger partial charge in [-0.05, 0) is 42.0 Å². The number of fused-ring (bicyclic) bond motifs is 1. The van der Waals surface area contributed by atoms with E-state index < -0.39 is 0 Å². The van der Waals surface area contributed by atoms with Crippen LogP contribution in [0.4, 0.5) is 5.69 Å². The number of aromatic nitrogens is 3. The van der Waals surface area contributed by atoms with E-state index in [1.165, 1.54) is 0 Å². The molecule has 2 aromatic carbocycles. The van der Waals surface area contributed by atoms with E-state index in [1.54, 1.807) is 20.4 Å². The predicted octanol–water partition coefficient (Wildman–Crippen LogP) is 3.59. The summed E-state index contributed by atoms with van der Waals surface area (Å²) in [5.41, 5.74) is 3.10. The number of nitrogens with one attached hydrogen (secondary N) is 1. The first-order valence-corrected chi connectivity index (χ1v) is 9.07. The summed E-state index contributed by atoms with van der Waals surface area (Å²) in [6.45, 7) is 0. The van der Waals surface area contributed by atoms with Crippen molar-refractivity contribution in [1.29, 1.82) is 0 Å². The third-order valence-electron chi connectivity index (χ3n) is 4.53. The molecule has 4 rings (SSSR count). The monoisotopic (exact) mass is 388 g/mol. The molecule has 0 unspecified atom stereocenters. The maximum absolute atomic E-state index is 12.6. The Labute approximate surface area is 168 Å². The summed E-state index contributed by atoms with van der Waals surface area (Å²) in [7, 11) is 3.18. The highest BCUT2D eigenvalue weighted by atomic mass is 16.5. The summed E-state index contributed by atoms with van der Waals surface area (Å²) in [4.78, 5) is 21.3. The largest absolute Gasteiger partial charge is 0.497 e. The third-order valence-corrected chi connectivity index (χ3v) is 4.53. The van der Waals surface area contributed by atoms with E-state index in [-0.39, 0.29) is 12.3 Å². The van der Waals surface area contributed by atoms with Crippen molar-refractivity contribution in [1.82, 2.24) is 14.4 Å². The zero-order chi connectivity index (χ0) is 20.2. The highest BCUT2D eigenvalue weighted by molar-refractivity contribution is 5.94. The van der Waals surface area contributed by atoms with Crippen LogP contribution in [0.15, 0.2) is 67.1 Å². The van der Waals surface area contributed by atoms with Crippen molar-refractivity contribution in [3.05, 3.63) is 72.7 Å². The molecule has 2 heterocycles. The van der Waals surface area contributed by atoms with Gasteiger partial charge in [0.15, 0.2) is 0 Å². The molecule has 1 amide bonds. The smallest absolute Gasteiger partial charge is 0.234 e. The van der Waals surface area contributed by atoms with Crippen LogP contribution in [0.2, 0.25) is 0 Å². The molecule has 2 aromatic heterocycles. The topological polar surface area (TPSA) is 77.8 Å². The Balaban J connectivity index is 1.56. The molecule has 0 atom stereocenters. The first kappa shape index (κ1) is 18.5. The molecule has 0 aliphatic carbocycles. The van der Waals surface area contributed by atoms with Crippen molar-refractivity contribution in [2.75, 3.05) is 19.5 Å². The number of nitrogens with zero attached hydrogens (tertiary/aromatic N) is 3. The van der Waals surface area contributed by atoms with E-state index >= 15 is 0 Å². The highest BCUT2D eigenvalue weighted by Gasteiger charge is 2.12. The van der Waals surface area contributed by atoms with Crippen LogP contribution in [-0.2, 0) is 11.2 Å². The maximum atomic E-state index is 12.6. The number of rotatable bonds is 6. The minimum atomic E-state index is -0.137. The molecule has 0 saturated carbocycles. The summed E-state index contributed by atoms with van der Waals surface area (Å²) in [6, 6.07) is 14.8. The average molecular weight is 388 g/mol. The van der Waals surface area contributed by atoms with Crippen LogP contribution in [0, 0.1) is 0 Å². The molecule has 0 bridgehead atoms. The second-order valence-electron chi connectivity index (χ2n) is 6.44. The number of hydrogen-bond acceptors (Lipinski definition) is 5. The standard InChI is InChI=1S/C22H20N4O3/c1-28-17-7-4-15(5-8-17)12-21(27)24-18-13-16(6-9-20(18)29-2)19-14-26-11-3-10-23-22(26)25-19/h3-11,13-14H,12H2,1-2H3,(H,24,27). The Hall–Kier alpha value is -3.87. The number of carbonyl (C=O) groups excluding carboxylic acids is 1. The van der Waals surface area contributed by atoms with E-state index in [1.807, 2.05) is 65.3 Å². The van der Waals surface area contributed by atoms with E-state index in [9.17, 15) is 4.79 Å². The molecule has 146 valence electrons. The predicted molar refractivity (Wildman–Crippen MR) is 110 cm³/mol. The van der Waals surface area contributed by atoms with Gasteiger partial charge in [0.1, 0.15) is 11.5 Å². The number of benzene rings is 2. The van der Waals surface area contributed by atoms with Crippen LogP contribution in [0.25, 0.3) is 17.0 Å². The lowest BCUT2D eigenvalue weighted by Crippen LogP contribution is -2.15. The minimum Gasteiger partial charge on any atom is -0.497 e. The van der Waals surface area contributed by atoms with Gasteiger partial charge in [-0.1, -0.05) is 12.1 Å². The first-order chi connectivity index (χ1) is 14.2. The van der Waals surface area contributed by atoms with Crippen LogP contribution >= 0.6 is 0 Å². The molecule has 7 heteroatoms. The fourth-order valence-corrected chi connectivity index (χ4v) is 3.06. The molecule has 0 fully saturated rings. The molecule has 0 aliphatic rings. The highest BCUT2D eigenvalue weighted by Crippen LogP contribution is 2.30. The zero-order valence-electron chi connectivity index (χ0n) is 16.1. The third kappa shape index (κ3) is 4.03. The van der Waals surface area contributed by atoms with Gasteiger partial charge >= 0.3 is 0 Å². The Morgan fingerprint density at radius 2 is 1.93 bits per heavy atom. The molecule has 7 nitrogen and oxygen atoms in total. The fourth-order valence-electron chi connectivity index (χ4n) is 3.06. The van der Waals surface area contributed by atoms with Crippen LogP contribution < -0.4 is 14.8 Å². The van der Waals surface area contributed by atoms with E-state index in [0.717, 1.165) is 22.6 Å². The van der Waals surface area contributed by atoms with Gasteiger partial charge in [-0.2, -0.15) is 0 Å². The number of anilines is 1. The number of hydrogen-bond donors (Lipinski definition) is 1. The number of carbonyl (C=O) groups is 1. The molecular weight excluding hydrogens is 368 g/mol. The van der Waals surface area contributed by atoms with Crippen molar-refractivity contribution < 1.29 is 14.3 Å². The Bertz CT molecular complexity index is 1120. The lowest BCUT2D eigenvalue weighted by atomic mass is 10.1. The van der Waals surface area contributed by atoms with E-state index in [4.69, 9.17) is 9.47 Å². The molecule has 0 saturated heterocycles. The molecule has 29 heavy (non-hydrogen) atoms. The molecule has 4 aromatic rings. The van der Waals surface area contributed by atoms with Gasteiger partial charge in [-0.3, -0.25) is 9.20 Å². The van der Waals surface area contributed by atoms with Gasteiger partial charge in [0, 0.05) is 24.2 Å². The van der Waals surface area contributed by atoms with Crippen molar-refractivity contribution in [3.8, 4) is 22.8 Å². The molecule has 0 radical (unpaired) electrons. The van der Waals surface area contributed by atoms with Crippen LogP contribution in [0.1, 0.15) is 5.56 Å². The van der Waals surface area contributed by atoms with Crippen LogP contribution in [-0.4, -0.2) is 34.5 Å². The van der Waals surface area contributed by atoms with Gasteiger partial charge in [-0.25, -0.2) is 9.97 Å². The average Bonchev–Trinajstić information content (AvgIpc) is 3.18. The molecule has 0 aliphatic heterocycles. The Morgan fingerprint density at radius 3 is 2.66 bits per heavy atom. The molecule has 1 N–H and O–H groups in total. The molecule has 0 spiro atoms. The van der Waals surface area contributed by atoms with E-state index in [2.05, 4.69) is 15.3 Å². The summed E-state index contributed by atoms with van der Waals surface area (Å²) >= 11 is 0. The number of imidazole rings is 1.